The molecule has 0 radical (unpaired) electrons. The summed E-state index contributed by atoms with van der Waals surface area (Å²) >= 11 is 0. The number of hydrogen-bond donors (Lipinski definition) is 2. The van der Waals surface area contributed by atoms with E-state index in [1.54, 1.807) is 4.68 Å². The van der Waals surface area contributed by atoms with Crippen LogP contribution in [0.2, 0.25) is 0 Å². The van der Waals surface area contributed by atoms with Crippen molar-refractivity contribution >= 4 is 11.9 Å². The molecule has 0 amide bonds. The van der Waals surface area contributed by atoms with Crippen LogP contribution < -0.4 is 5.32 Å². The lowest BCUT2D eigenvalue weighted by molar-refractivity contribution is -0.139. The van der Waals surface area contributed by atoms with Gasteiger partial charge in [0.15, 0.2) is 0 Å². The quantitative estimate of drug-likeness (QED) is 0.790. The van der Waals surface area contributed by atoms with Crippen LogP contribution in [0.1, 0.15) is 25.3 Å². The van der Waals surface area contributed by atoms with E-state index in [1.807, 2.05) is 43.0 Å². The summed E-state index contributed by atoms with van der Waals surface area (Å²) < 4.78 is 1.68. The molecular formula is C16H22N6O2. The normalized spacial score (nSPS) is 20.0. The summed E-state index contributed by atoms with van der Waals surface area (Å²) in [4.78, 5) is 12.9. The summed E-state index contributed by atoms with van der Waals surface area (Å²) in [6, 6.07) is 8.55. The largest absolute Gasteiger partial charge is 0.480 e. The van der Waals surface area contributed by atoms with Crippen LogP contribution in [-0.2, 0) is 4.79 Å². The van der Waals surface area contributed by atoms with Crippen molar-refractivity contribution in [1.82, 2.24) is 25.1 Å². The summed E-state index contributed by atoms with van der Waals surface area (Å²) in [6.45, 7) is 4.86. The summed E-state index contributed by atoms with van der Waals surface area (Å²) in [6.07, 6.45) is 1.78. The smallest absolute Gasteiger partial charge is 0.317 e. The molecule has 1 aliphatic carbocycles. The Morgan fingerprint density at radius 1 is 1.38 bits per heavy atom. The van der Waals surface area contributed by atoms with E-state index in [-0.39, 0.29) is 12.6 Å². The second-order valence-electron chi connectivity index (χ2n) is 6.17. The van der Waals surface area contributed by atoms with Gasteiger partial charge in [0, 0.05) is 12.1 Å². The first kappa shape index (κ1) is 16.4. The maximum Gasteiger partial charge on any atom is 0.317 e. The first-order chi connectivity index (χ1) is 11.6. The van der Waals surface area contributed by atoms with Crippen LogP contribution >= 0.6 is 0 Å². The van der Waals surface area contributed by atoms with Crippen molar-refractivity contribution in [3.05, 3.63) is 29.8 Å². The third-order valence-electron chi connectivity index (χ3n) is 4.46. The van der Waals surface area contributed by atoms with Crippen molar-refractivity contribution in [2.45, 2.75) is 38.8 Å². The number of hydrogen-bond acceptors (Lipinski definition) is 6. The molecule has 2 N–H and O–H groups in total. The molecule has 1 saturated carbocycles. The highest BCUT2D eigenvalue weighted by atomic mass is 16.4. The lowest BCUT2D eigenvalue weighted by Gasteiger charge is -2.42. The van der Waals surface area contributed by atoms with E-state index in [4.69, 9.17) is 5.11 Å². The van der Waals surface area contributed by atoms with Crippen molar-refractivity contribution in [3.63, 3.8) is 0 Å². The fourth-order valence-electron chi connectivity index (χ4n) is 3.00. The number of nitrogens with zero attached hydrogens (tertiary/aromatic N) is 5. The Kier molecular flexibility index (Phi) is 4.75. The molecule has 0 atom stereocenters. The van der Waals surface area contributed by atoms with E-state index < -0.39 is 5.97 Å². The molecule has 8 nitrogen and oxygen atoms in total. The summed E-state index contributed by atoms with van der Waals surface area (Å²) in [5.41, 5.74) is 2.09. The number of aryl methyl sites for hydroxylation is 1. The van der Waals surface area contributed by atoms with Gasteiger partial charge in [-0.1, -0.05) is 29.7 Å². The number of carboxylic acid groups (broad SMARTS) is 1. The van der Waals surface area contributed by atoms with Gasteiger partial charge in [-0.15, -0.1) is 0 Å². The minimum absolute atomic E-state index is 0.0923. The van der Waals surface area contributed by atoms with E-state index in [9.17, 15) is 4.79 Å². The van der Waals surface area contributed by atoms with Crippen molar-refractivity contribution in [2.24, 2.45) is 0 Å². The number of nitrogens with one attached hydrogen (secondary N) is 1. The molecule has 1 heterocycles. The Morgan fingerprint density at radius 2 is 2.08 bits per heavy atom. The monoisotopic (exact) mass is 330 g/mol. The molecule has 128 valence electrons. The number of rotatable bonds is 7. The molecule has 0 bridgehead atoms. The number of carboxylic acids is 1. The van der Waals surface area contributed by atoms with Gasteiger partial charge in [0.05, 0.1) is 12.2 Å². The molecule has 24 heavy (non-hydrogen) atoms. The maximum absolute atomic E-state index is 10.9. The van der Waals surface area contributed by atoms with Gasteiger partial charge in [-0.25, -0.2) is 0 Å². The molecule has 1 aromatic carbocycles. The minimum Gasteiger partial charge on any atom is -0.480 e. The zero-order valence-corrected chi connectivity index (χ0v) is 13.9. The summed E-state index contributed by atoms with van der Waals surface area (Å²) in [7, 11) is 0. The predicted molar refractivity (Wildman–Crippen MR) is 89.2 cm³/mol. The molecule has 3 rings (SSSR count). The van der Waals surface area contributed by atoms with Crippen LogP contribution in [0.15, 0.2) is 24.3 Å². The van der Waals surface area contributed by atoms with Crippen LogP contribution in [0.25, 0.3) is 5.69 Å². The molecule has 2 aromatic rings. The Bertz CT molecular complexity index is 693. The van der Waals surface area contributed by atoms with Gasteiger partial charge in [0.25, 0.3) is 0 Å². The number of aromatic nitrogens is 4. The molecule has 0 saturated heterocycles. The van der Waals surface area contributed by atoms with E-state index in [1.165, 1.54) is 5.56 Å². The van der Waals surface area contributed by atoms with Crippen LogP contribution in [0.3, 0.4) is 0 Å². The highest BCUT2D eigenvalue weighted by Gasteiger charge is 2.34. The molecule has 1 aliphatic rings. The predicted octanol–water partition coefficient (Wildman–Crippen LogP) is 1.32. The van der Waals surface area contributed by atoms with Crippen LogP contribution in [0.5, 0.6) is 0 Å². The van der Waals surface area contributed by atoms with Gasteiger partial charge < -0.3 is 10.4 Å². The Hall–Kier alpha value is -2.48. The van der Waals surface area contributed by atoms with Crippen LogP contribution in [-0.4, -0.2) is 61.4 Å². The van der Waals surface area contributed by atoms with Crippen molar-refractivity contribution in [1.29, 1.82) is 0 Å². The summed E-state index contributed by atoms with van der Waals surface area (Å²) in [5.74, 6) is -0.167. The number of likely N-dealkylation sites (N-methyl/N-ethyl adjacent to an activating group) is 1. The zero-order chi connectivity index (χ0) is 17.1. The van der Waals surface area contributed by atoms with Gasteiger partial charge in [0.2, 0.25) is 5.95 Å². The van der Waals surface area contributed by atoms with Crippen molar-refractivity contribution < 1.29 is 9.90 Å². The molecule has 1 aromatic heterocycles. The van der Waals surface area contributed by atoms with E-state index in [2.05, 4.69) is 20.8 Å². The van der Waals surface area contributed by atoms with Gasteiger partial charge in [0.1, 0.15) is 0 Å². The van der Waals surface area contributed by atoms with Gasteiger partial charge >= 0.3 is 5.97 Å². The lowest BCUT2D eigenvalue weighted by Crippen LogP contribution is -2.51. The first-order valence-electron chi connectivity index (χ1n) is 8.14. The average molecular weight is 330 g/mol. The molecule has 0 unspecified atom stereocenters. The second-order valence-corrected chi connectivity index (χ2v) is 6.17. The number of tetrazole rings is 1. The molecule has 8 heteroatoms. The van der Waals surface area contributed by atoms with E-state index in [0.717, 1.165) is 25.1 Å². The molecular weight excluding hydrogens is 308 g/mol. The third kappa shape index (κ3) is 3.53. The third-order valence-corrected chi connectivity index (χ3v) is 4.46. The van der Waals surface area contributed by atoms with Crippen LogP contribution in [0.4, 0.5) is 5.95 Å². The second kappa shape index (κ2) is 6.96. The minimum atomic E-state index is -0.781. The Morgan fingerprint density at radius 3 is 2.71 bits per heavy atom. The number of benzene rings is 1. The maximum atomic E-state index is 10.9. The lowest BCUT2D eigenvalue weighted by atomic mass is 9.85. The average Bonchev–Trinajstić information content (AvgIpc) is 2.97. The standard InChI is InChI=1S/C16H22N6O2/c1-3-21(10-15(23)24)14-8-12(9-14)17-16-18-19-20-22(16)13-6-4-11(2)5-7-13/h4-7,12,14H,3,8-10H2,1-2H3,(H,23,24)(H,17,18,20). The van der Waals surface area contributed by atoms with E-state index in [0.29, 0.717) is 12.0 Å². The van der Waals surface area contributed by atoms with Gasteiger partial charge in [-0.05, 0) is 48.9 Å². The number of carbonyl (C=O) groups is 1. The fraction of sp³-hybridized carbons (Fsp3) is 0.500. The highest BCUT2D eigenvalue weighted by Crippen LogP contribution is 2.28. The first-order valence-corrected chi connectivity index (χ1v) is 8.14. The molecule has 1 fully saturated rings. The van der Waals surface area contributed by atoms with Crippen molar-refractivity contribution in [3.8, 4) is 5.69 Å². The topological polar surface area (TPSA) is 96.2 Å². The summed E-state index contributed by atoms with van der Waals surface area (Å²) in [5, 5.41) is 24.2. The SMILES string of the molecule is CCN(CC(=O)O)C1CC(Nc2nnnn2-c2ccc(C)cc2)C1. The number of anilines is 1. The fourth-order valence-corrected chi connectivity index (χ4v) is 3.00. The van der Waals surface area contributed by atoms with Gasteiger partial charge in [-0.3, -0.25) is 9.69 Å². The van der Waals surface area contributed by atoms with E-state index >= 15 is 0 Å². The zero-order valence-electron chi connectivity index (χ0n) is 13.9. The van der Waals surface area contributed by atoms with Gasteiger partial charge in [-0.2, -0.15) is 4.68 Å². The van der Waals surface area contributed by atoms with Crippen LogP contribution in [0, 0.1) is 6.92 Å². The molecule has 0 spiro atoms. The Balaban J connectivity index is 1.60. The number of aliphatic carboxylic acids is 1. The highest BCUT2D eigenvalue weighted by molar-refractivity contribution is 5.69. The molecule has 0 aliphatic heterocycles. The Labute approximate surface area is 140 Å². The van der Waals surface area contributed by atoms with Crippen molar-refractivity contribution in [2.75, 3.05) is 18.4 Å².